The molecule has 19 heavy (non-hydrogen) atoms. The van der Waals surface area contributed by atoms with Gasteiger partial charge in [0.2, 0.25) is 0 Å². The van der Waals surface area contributed by atoms with Gasteiger partial charge in [0, 0.05) is 30.1 Å². The SMILES string of the molecule is CCc1ccc(CC(NN)C2CSCCN2C)cc1. The predicted molar refractivity (Wildman–Crippen MR) is 84.4 cm³/mol. The molecule has 1 aromatic rings. The molecule has 0 amide bonds. The summed E-state index contributed by atoms with van der Waals surface area (Å²) in [5.41, 5.74) is 5.78. The van der Waals surface area contributed by atoms with Crippen molar-refractivity contribution in [3.8, 4) is 0 Å². The van der Waals surface area contributed by atoms with Gasteiger partial charge in [-0.15, -0.1) is 0 Å². The number of hydrogen-bond acceptors (Lipinski definition) is 4. The lowest BCUT2D eigenvalue weighted by Crippen LogP contribution is -2.55. The van der Waals surface area contributed by atoms with E-state index in [1.165, 1.54) is 22.6 Å². The molecular formula is C15H25N3S. The monoisotopic (exact) mass is 279 g/mol. The largest absolute Gasteiger partial charge is 0.300 e. The second-order valence-electron chi connectivity index (χ2n) is 5.27. The van der Waals surface area contributed by atoms with E-state index in [1.807, 2.05) is 11.8 Å². The molecule has 1 fully saturated rings. The lowest BCUT2D eigenvalue weighted by atomic mass is 9.98. The fourth-order valence-electron chi connectivity index (χ4n) is 2.60. The Hall–Kier alpha value is -0.550. The molecule has 4 heteroatoms. The number of rotatable bonds is 5. The van der Waals surface area contributed by atoms with Gasteiger partial charge in [-0.3, -0.25) is 11.3 Å². The van der Waals surface area contributed by atoms with E-state index in [0.717, 1.165) is 19.4 Å². The number of hydrazine groups is 1. The van der Waals surface area contributed by atoms with E-state index < -0.39 is 0 Å². The van der Waals surface area contributed by atoms with Crippen LogP contribution in [0.25, 0.3) is 0 Å². The Balaban J connectivity index is 2.00. The number of thioether (sulfide) groups is 1. The molecular weight excluding hydrogens is 254 g/mol. The molecule has 1 aliphatic rings. The van der Waals surface area contributed by atoms with Crippen molar-refractivity contribution in [1.29, 1.82) is 0 Å². The zero-order valence-corrected chi connectivity index (χ0v) is 12.7. The van der Waals surface area contributed by atoms with E-state index in [0.29, 0.717) is 12.1 Å². The molecule has 2 atom stereocenters. The summed E-state index contributed by atoms with van der Waals surface area (Å²) in [7, 11) is 2.20. The minimum atomic E-state index is 0.324. The first-order valence-electron chi connectivity index (χ1n) is 7.06. The van der Waals surface area contributed by atoms with E-state index in [4.69, 9.17) is 5.84 Å². The molecule has 1 aliphatic heterocycles. The van der Waals surface area contributed by atoms with Gasteiger partial charge in [-0.1, -0.05) is 31.2 Å². The average Bonchev–Trinajstić information content (AvgIpc) is 2.46. The van der Waals surface area contributed by atoms with Gasteiger partial charge in [-0.2, -0.15) is 11.8 Å². The summed E-state index contributed by atoms with van der Waals surface area (Å²) in [6.07, 6.45) is 2.09. The molecule has 0 bridgehead atoms. The average molecular weight is 279 g/mol. The molecule has 1 saturated heterocycles. The van der Waals surface area contributed by atoms with Gasteiger partial charge in [0.1, 0.15) is 0 Å². The first kappa shape index (κ1) is 14.9. The third-order valence-corrected chi connectivity index (χ3v) is 5.06. The van der Waals surface area contributed by atoms with Gasteiger partial charge in [0.15, 0.2) is 0 Å². The molecule has 3 nitrogen and oxygen atoms in total. The van der Waals surface area contributed by atoms with Crippen molar-refractivity contribution >= 4 is 11.8 Å². The molecule has 0 spiro atoms. The van der Waals surface area contributed by atoms with Crippen molar-refractivity contribution in [3.63, 3.8) is 0 Å². The van der Waals surface area contributed by atoms with Crippen molar-refractivity contribution in [2.24, 2.45) is 5.84 Å². The summed E-state index contributed by atoms with van der Waals surface area (Å²) in [5.74, 6) is 8.18. The number of benzene rings is 1. The van der Waals surface area contributed by atoms with E-state index in [1.54, 1.807) is 0 Å². The highest BCUT2D eigenvalue weighted by molar-refractivity contribution is 7.99. The molecule has 2 unspecified atom stereocenters. The maximum Gasteiger partial charge on any atom is 0.0414 e. The summed E-state index contributed by atoms with van der Waals surface area (Å²) in [6.45, 7) is 3.34. The van der Waals surface area contributed by atoms with Crippen molar-refractivity contribution in [2.45, 2.75) is 31.8 Å². The van der Waals surface area contributed by atoms with E-state index in [2.05, 4.69) is 48.6 Å². The summed E-state index contributed by atoms with van der Waals surface area (Å²) in [4.78, 5) is 2.43. The molecule has 0 aliphatic carbocycles. The van der Waals surface area contributed by atoms with E-state index in [-0.39, 0.29) is 0 Å². The third-order valence-electron chi connectivity index (χ3n) is 4.01. The van der Waals surface area contributed by atoms with Gasteiger partial charge in [0.25, 0.3) is 0 Å². The van der Waals surface area contributed by atoms with Gasteiger partial charge >= 0.3 is 0 Å². The second-order valence-corrected chi connectivity index (χ2v) is 6.42. The highest BCUT2D eigenvalue weighted by Gasteiger charge is 2.27. The van der Waals surface area contributed by atoms with Crippen LogP contribution >= 0.6 is 11.8 Å². The first-order chi connectivity index (χ1) is 9.24. The zero-order valence-electron chi connectivity index (χ0n) is 11.9. The van der Waals surface area contributed by atoms with Gasteiger partial charge < -0.3 is 4.90 Å². The lowest BCUT2D eigenvalue weighted by Gasteiger charge is -2.37. The topological polar surface area (TPSA) is 41.3 Å². The van der Waals surface area contributed by atoms with Crippen molar-refractivity contribution in [1.82, 2.24) is 10.3 Å². The van der Waals surface area contributed by atoms with E-state index >= 15 is 0 Å². The Bertz CT molecular complexity index is 379. The molecule has 0 radical (unpaired) electrons. The summed E-state index contributed by atoms with van der Waals surface area (Å²) in [5, 5.41) is 0. The molecule has 3 N–H and O–H groups in total. The molecule has 0 saturated carbocycles. The van der Waals surface area contributed by atoms with Crippen LogP contribution in [0.3, 0.4) is 0 Å². The van der Waals surface area contributed by atoms with Gasteiger partial charge in [-0.25, -0.2) is 0 Å². The van der Waals surface area contributed by atoms with Crippen LogP contribution in [0.4, 0.5) is 0 Å². The second kappa shape index (κ2) is 7.29. The van der Waals surface area contributed by atoms with Gasteiger partial charge in [-0.05, 0) is 31.0 Å². The number of likely N-dealkylation sites (N-methyl/N-ethyl adjacent to an activating group) is 1. The number of nitrogens with one attached hydrogen (secondary N) is 1. The Morgan fingerprint density at radius 2 is 2.05 bits per heavy atom. The smallest absolute Gasteiger partial charge is 0.0414 e. The zero-order chi connectivity index (χ0) is 13.7. The summed E-state index contributed by atoms with van der Waals surface area (Å²) >= 11 is 2.03. The Morgan fingerprint density at radius 3 is 2.63 bits per heavy atom. The quantitative estimate of drug-likeness (QED) is 0.635. The summed E-state index contributed by atoms with van der Waals surface area (Å²) in [6, 6.07) is 9.77. The predicted octanol–water partition coefficient (Wildman–Crippen LogP) is 1.67. The van der Waals surface area contributed by atoms with Crippen LogP contribution in [0.1, 0.15) is 18.1 Å². The minimum Gasteiger partial charge on any atom is -0.300 e. The normalized spacial score (nSPS) is 22.4. The van der Waals surface area contributed by atoms with Crippen LogP contribution in [0.2, 0.25) is 0 Å². The molecule has 0 aromatic heterocycles. The van der Waals surface area contributed by atoms with E-state index in [9.17, 15) is 0 Å². The van der Waals surface area contributed by atoms with Crippen molar-refractivity contribution in [3.05, 3.63) is 35.4 Å². The maximum absolute atomic E-state index is 5.78. The number of nitrogens with two attached hydrogens (primary N) is 1. The molecule has 2 rings (SSSR count). The highest BCUT2D eigenvalue weighted by Crippen LogP contribution is 2.19. The van der Waals surface area contributed by atoms with Gasteiger partial charge in [0.05, 0.1) is 0 Å². The minimum absolute atomic E-state index is 0.324. The standard InChI is InChI=1S/C15H25N3S/c1-3-12-4-6-13(7-5-12)10-14(17-16)15-11-19-9-8-18(15)2/h4-7,14-15,17H,3,8-11,16H2,1-2H3. The maximum atomic E-state index is 5.78. The first-order valence-corrected chi connectivity index (χ1v) is 8.22. The molecule has 1 heterocycles. The molecule has 106 valence electrons. The molecule has 1 aromatic carbocycles. The van der Waals surface area contributed by atoms with Crippen molar-refractivity contribution < 1.29 is 0 Å². The highest BCUT2D eigenvalue weighted by atomic mass is 32.2. The number of hydrogen-bond donors (Lipinski definition) is 2. The van der Waals surface area contributed by atoms with Crippen LogP contribution in [0.15, 0.2) is 24.3 Å². The Morgan fingerprint density at radius 1 is 1.37 bits per heavy atom. The van der Waals surface area contributed by atoms with Crippen LogP contribution in [0, 0.1) is 0 Å². The fourth-order valence-corrected chi connectivity index (χ4v) is 3.91. The van der Waals surface area contributed by atoms with Crippen LogP contribution in [-0.2, 0) is 12.8 Å². The number of nitrogens with zero attached hydrogens (tertiary/aromatic N) is 1. The number of aryl methyl sites for hydroxylation is 1. The summed E-state index contributed by atoms with van der Waals surface area (Å²) < 4.78 is 0. The Kier molecular flexibility index (Phi) is 5.70. The lowest BCUT2D eigenvalue weighted by molar-refractivity contribution is 0.214. The van der Waals surface area contributed by atoms with Crippen LogP contribution in [0.5, 0.6) is 0 Å². The van der Waals surface area contributed by atoms with Crippen molar-refractivity contribution in [2.75, 3.05) is 25.1 Å². The van der Waals surface area contributed by atoms with Crippen LogP contribution < -0.4 is 11.3 Å². The third kappa shape index (κ3) is 3.96. The Labute approximate surface area is 120 Å². The van der Waals surface area contributed by atoms with Crippen LogP contribution in [-0.4, -0.2) is 42.1 Å². The fraction of sp³-hybridized carbons (Fsp3) is 0.600.